The summed E-state index contributed by atoms with van der Waals surface area (Å²) in [5, 5.41) is 1.69. The van der Waals surface area contributed by atoms with Gasteiger partial charge < -0.3 is 4.90 Å². The highest BCUT2D eigenvalue weighted by Gasteiger charge is 2.63. The predicted molar refractivity (Wildman–Crippen MR) is 124 cm³/mol. The van der Waals surface area contributed by atoms with Crippen molar-refractivity contribution in [3.63, 3.8) is 0 Å². The van der Waals surface area contributed by atoms with Crippen molar-refractivity contribution >= 4 is 45.8 Å². The summed E-state index contributed by atoms with van der Waals surface area (Å²) in [6.07, 6.45) is -0.853. The number of carbonyl (C=O) groups excluding carboxylic acids is 2. The number of nitrogens with zero attached hydrogens (tertiary/aromatic N) is 3. The van der Waals surface area contributed by atoms with Crippen LogP contribution in [0.5, 0.6) is 0 Å². The van der Waals surface area contributed by atoms with Gasteiger partial charge >= 0.3 is 0 Å². The average molecular weight is 454 g/mol. The van der Waals surface area contributed by atoms with E-state index in [1.165, 1.54) is 16.7 Å². The Morgan fingerprint density at radius 3 is 2.16 bits per heavy atom. The standard InChI is InChI=1S/C23H23N3O3S2/c1-23(2)21(31-22(30)24(23)3)26-17(14-10-6-4-7-11-14)16-18(29-26)20(28)25(19(16)27)15-12-8-5-9-13-15/h4-13,16-18,21H,1-3H3/t16-,17-,18-,21-/m0/s1. The summed E-state index contributed by atoms with van der Waals surface area (Å²) < 4.78 is 0.769. The van der Waals surface area contributed by atoms with E-state index in [0.29, 0.717) is 5.69 Å². The number of thiocarbonyl (C=S) groups is 1. The summed E-state index contributed by atoms with van der Waals surface area (Å²) in [5.74, 6) is -1.17. The molecule has 6 nitrogen and oxygen atoms in total. The van der Waals surface area contributed by atoms with E-state index in [-0.39, 0.29) is 28.8 Å². The molecule has 2 aromatic carbocycles. The summed E-state index contributed by atoms with van der Waals surface area (Å²) in [4.78, 5) is 36.6. The van der Waals surface area contributed by atoms with Crippen molar-refractivity contribution in [2.24, 2.45) is 5.92 Å². The number of hydrogen-bond acceptors (Lipinski definition) is 6. The Morgan fingerprint density at radius 1 is 0.968 bits per heavy atom. The molecule has 3 saturated heterocycles. The Hall–Kier alpha value is -2.26. The quantitative estimate of drug-likeness (QED) is 0.520. The van der Waals surface area contributed by atoms with Gasteiger partial charge in [0.15, 0.2) is 6.10 Å². The second-order valence-corrected chi connectivity index (χ2v) is 10.3. The molecule has 0 N–H and O–H groups in total. The molecule has 0 bridgehead atoms. The zero-order valence-electron chi connectivity index (χ0n) is 17.5. The van der Waals surface area contributed by atoms with Gasteiger partial charge in [0.2, 0.25) is 5.91 Å². The predicted octanol–water partition coefficient (Wildman–Crippen LogP) is 3.60. The smallest absolute Gasteiger partial charge is 0.265 e. The summed E-state index contributed by atoms with van der Waals surface area (Å²) in [6.45, 7) is 4.20. The van der Waals surface area contributed by atoms with Gasteiger partial charge in [-0.25, -0.2) is 4.90 Å². The van der Waals surface area contributed by atoms with E-state index in [4.69, 9.17) is 17.1 Å². The Bertz CT molecular complexity index is 1050. The first kappa shape index (κ1) is 20.6. The zero-order valence-corrected chi connectivity index (χ0v) is 19.1. The SMILES string of the molecule is CN1C(=S)S[C@H](N2O[C@@H]3C(=O)N(c4ccccc4)C(=O)[C@H]3[C@@H]2c2ccccc2)C1(C)C. The van der Waals surface area contributed by atoms with Crippen molar-refractivity contribution in [2.75, 3.05) is 11.9 Å². The Morgan fingerprint density at radius 2 is 1.58 bits per heavy atom. The lowest BCUT2D eigenvalue weighted by atomic mass is 9.90. The van der Waals surface area contributed by atoms with Gasteiger partial charge in [0.1, 0.15) is 9.69 Å². The van der Waals surface area contributed by atoms with Gasteiger partial charge in [-0.15, -0.1) is 0 Å². The van der Waals surface area contributed by atoms with E-state index >= 15 is 0 Å². The van der Waals surface area contributed by atoms with E-state index in [9.17, 15) is 9.59 Å². The van der Waals surface area contributed by atoms with Crippen LogP contribution in [0.1, 0.15) is 25.5 Å². The molecule has 2 amide bonds. The first-order valence-electron chi connectivity index (χ1n) is 10.2. The van der Waals surface area contributed by atoms with Crippen molar-refractivity contribution in [2.45, 2.75) is 36.9 Å². The molecule has 3 fully saturated rings. The molecular weight excluding hydrogens is 430 g/mol. The molecule has 160 valence electrons. The topological polar surface area (TPSA) is 53.1 Å². The molecule has 0 spiro atoms. The van der Waals surface area contributed by atoms with Gasteiger partial charge in [-0.3, -0.25) is 14.4 Å². The summed E-state index contributed by atoms with van der Waals surface area (Å²) >= 11 is 7.09. The van der Waals surface area contributed by atoms with Gasteiger partial charge in [0, 0.05) is 7.05 Å². The molecular formula is C23H23N3O3S2. The van der Waals surface area contributed by atoms with Gasteiger partial charge in [0.05, 0.1) is 23.2 Å². The largest absolute Gasteiger partial charge is 0.353 e. The third-order valence-corrected chi connectivity index (χ3v) is 8.53. The number of rotatable bonds is 3. The van der Waals surface area contributed by atoms with Crippen molar-refractivity contribution in [3.8, 4) is 0 Å². The molecule has 8 heteroatoms. The van der Waals surface area contributed by atoms with Crippen LogP contribution >= 0.6 is 24.0 Å². The van der Waals surface area contributed by atoms with E-state index in [0.717, 1.165) is 9.88 Å². The third kappa shape index (κ3) is 3.04. The van der Waals surface area contributed by atoms with Crippen molar-refractivity contribution < 1.29 is 14.4 Å². The number of benzene rings is 2. The van der Waals surface area contributed by atoms with Gasteiger partial charge in [-0.05, 0) is 31.5 Å². The number of thioether (sulfide) groups is 1. The minimum atomic E-state index is -0.853. The maximum absolute atomic E-state index is 13.6. The number of likely N-dealkylation sites (N-methyl/N-ethyl adjacent to an activating group) is 1. The Balaban J connectivity index is 1.57. The Labute approximate surface area is 191 Å². The van der Waals surface area contributed by atoms with Crippen molar-refractivity contribution in [1.29, 1.82) is 0 Å². The van der Waals surface area contributed by atoms with Gasteiger partial charge in [-0.1, -0.05) is 72.5 Å². The second-order valence-electron chi connectivity index (χ2n) is 8.56. The molecule has 0 radical (unpaired) electrons. The number of imide groups is 1. The summed E-state index contributed by atoms with van der Waals surface area (Å²) in [6, 6.07) is 18.5. The fourth-order valence-electron chi connectivity index (χ4n) is 4.55. The van der Waals surface area contributed by atoms with Crippen LogP contribution in [0.15, 0.2) is 60.7 Å². The van der Waals surface area contributed by atoms with Crippen LogP contribution in [-0.4, -0.2) is 50.2 Å². The molecule has 4 atom stereocenters. The lowest BCUT2D eigenvalue weighted by Crippen LogP contribution is -2.51. The number of hydrogen-bond donors (Lipinski definition) is 0. The first-order valence-corrected chi connectivity index (χ1v) is 11.5. The fraction of sp³-hybridized carbons (Fsp3) is 0.348. The number of carbonyl (C=O) groups is 2. The highest BCUT2D eigenvalue weighted by molar-refractivity contribution is 8.23. The first-order chi connectivity index (χ1) is 14.8. The van der Waals surface area contributed by atoms with E-state index in [1.807, 2.05) is 60.6 Å². The minimum absolute atomic E-state index is 0.161. The molecule has 0 saturated carbocycles. The number of anilines is 1. The minimum Gasteiger partial charge on any atom is -0.353 e. The molecule has 3 aliphatic heterocycles. The normalized spacial score (nSPS) is 30.4. The maximum Gasteiger partial charge on any atom is 0.265 e. The molecule has 31 heavy (non-hydrogen) atoms. The van der Waals surface area contributed by atoms with Crippen LogP contribution < -0.4 is 4.90 Å². The fourth-order valence-corrected chi connectivity index (χ4v) is 6.38. The van der Waals surface area contributed by atoms with Crippen LogP contribution in [0.2, 0.25) is 0 Å². The van der Waals surface area contributed by atoms with Crippen molar-refractivity contribution in [3.05, 3.63) is 66.2 Å². The molecule has 0 aliphatic carbocycles. The lowest BCUT2D eigenvalue weighted by molar-refractivity contribution is -0.188. The van der Waals surface area contributed by atoms with Crippen LogP contribution in [-0.2, 0) is 14.4 Å². The van der Waals surface area contributed by atoms with Crippen LogP contribution in [0.25, 0.3) is 0 Å². The lowest BCUT2D eigenvalue weighted by Gasteiger charge is -2.39. The zero-order chi connectivity index (χ0) is 21.9. The Kier molecular flexibility index (Phi) is 4.93. The highest BCUT2D eigenvalue weighted by atomic mass is 32.2. The third-order valence-electron chi connectivity index (χ3n) is 6.49. The summed E-state index contributed by atoms with van der Waals surface area (Å²) in [5.41, 5.74) is 1.19. The second kappa shape index (κ2) is 7.41. The monoisotopic (exact) mass is 453 g/mol. The highest BCUT2D eigenvalue weighted by Crippen LogP contribution is 2.52. The average Bonchev–Trinajstić information content (AvgIpc) is 3.34. The molecule has 0 aromatic heterocycles. The van der Waals surface area contributed by atoms with E-state index < -0.39 is 12.0 Å². The molecule has 5 rings (SSSR count). The molecule has 2 aromatic rings. The van der Waals surface area contributed by atoms with Crippen LogP contribution in [0.4, 0.5) is 5.69 Å². The van der Waals surface area contributed by atoms with Crippen LogP contribution in [0.3, 0.4) is 0 Å². The van der Waals surface area contributed by atoms with Gasteiger partial charge in [-0.2, -0.15) is 5.06 Å². The number of amides is 2. The molecule has 3 heterocycles. The van der Waals surface area contributed by atoms with Crippen molar-refractivity contribution in [1.82, 2.24) is 9.96 Å². The number of hydroxylamine groups is 2. The van der Waals surface area contributed by atoms with E-state index in [1.54, 1.807) is 12.1 Å². The van der Waals surface area contributed by atoms with E-state index in [2.05, 4.69) is 18.7 Å². The van der Waals surface area contributed by atoms with Gasteiger partial charge in [0.25, 0.3) is 5.91 Å². The molecule has 0 unspecified atom stereocenters. The number of para-hydroxylation sites is 1. The number of fused-ring (bicyclic) bond motifs is 1. The summed E-state index contributed by atoms with van der Waals surface area (Å²) in [7, 11) is 1.97. The van der Waals surface area contributed by atoms with Crippen LogP contribution in [0, 0.1) is 5.92 Å². The molecule has 3 aliphatic rings. The maximum atomic E-state index is 13.6.